The fourth-order valence-electron chi connectivity index (χ4n) is 2.45. The number of amides is 1. The van der Waals surface area contributed by atoms with Gasteiger partial charge in [-0.05, 0) is 22.6 Å². The summed E-state index contributed by atoms with van der Waals surface area (Å²) in [6.45, 7) is 0.570. The predicted molar refractivity (Wildman–Crippen MR) is 96.8 cm³/mol. The zero-order valence-electron chi connectivity index (χ0n) is 13.2. The lowest BCUT2D eigenvalue weighted by Gasteiger charge is -2.18. The van der Waals surface area contributed by atoms with Crippen LogP contribution in [0.15, 0.2) is 78.2 Å². The van der Waals surface area contributed by atoms with Crippen LogP contribution in [0.2, 0.25) is 0 Å². The summed E-state index contributed by atoms with van der Waals surface area (Å²) in [6.07, 6.45) is -0.250. The first-order valence-electron chi connectivity index (χ1n) is 7.83. The van der Waals surface area contributed by atoms with Crippen LogP contribution < -0.4 is 5.32 Å². The Labute approximate surface area is 145 Å². The second-order valence-electron chi connectivity index (χ2n) is 5.37. The van der Waals surface area contributed by atoms with Gasteiger partial charge in [-0.15, -0.1) is 11.3 Å². The number of nitrogens with one attached hydrogen (secondary N) is 1. The molecule has 0 saturated heterocycles. The van der Waals surface area contributed by atoms with Crippen LogP contribution in [-0.4, -0.2) is 12.5 Å². The van der Waals surface area contributed by atoms with Crippen molar-refractivity contribution in [2.45, 2.75) is 12.6 Å². The Bertz CT molecular complexity index is 702. The van der Waals surface area contributed by atoms with Gasteiger partial charge in [-0.2, -0.15) is 0 Å². The monoisotopic (exact) mass is 337 g/mol. The Morgan fingerprint density at radius 1 is 0.917 bits per heavy atom. The third-order valence-corrected chi connectivity index (χ3v) is 4.50. The number of rotatable bonds is 7. The summed E-state index contributed by atoms with van der Waals surface area (Å²) < 4.78 is 5.94. The van der Waals surface area contributed by atoms with Crippen LogP contribution in [0.3, 0.4) is 0 Å². The number of carbonyl (C=O) groups excluding carboxylic acids is 1. The van der Waals surface area contributed by atoms with Crippen molar-refractivity contribution in [3.05, 3.63) is 94.2 Å². The van der Waals surface area contributed by atoms with Gasteiger partial charge in [-0.3, -0.25) is 4.79 Å². The van der Waals surface area contributed by atoms with Gasteiger partial charge in [0, 0.05) is 4.88 Å². The highest BCUT2D eigenvalue weighted by molar-refractivity contribution is 7.09. The molecule has 0 bridgehead atoms. The minimum atomic E-state index is -0.250. The molecule has 1 amide bonds. The van der Waals surface area contributed by atoms with Crippen molar-refractivity contribution in [1.82, 2.24) is 5.32 Å². The smallest absolute Gasteiger partial charge is 0.246 e. The number of ether oxygens (including phenoxy) is 1. The molecule has 3 rings (SSSR count). The standard InChI is InChI=1S/C20H19NO2S/c22-19(21-14-18-12-7-13-24-18)15-23-20(16-8-3-1-4-9-16)17-10-5-2-6-11-17/h1-13,20H,14-15H2,(H,21,22). The van der Waals surface area contributed by atoms with E-state index in [1.807, 2.05) is 78.2 Å². The minimum absolute atomic E-state index is 0.0276. The van der Waals surface area contributed by atoms with Gasteiger partial charge in [-0.1, -0.05) is 66.7 Å². The molecular weight excluding hydrogens is 318 g/mol. The van der Waals surface area contributed by atoms with Crippen LogP contribution in [0.5, 0.6) is 0 Å². The first-order valence-corrected chi connectivity index (χ1v) is 8.71. The average Bonchev–Trinajstić information content (AvgIpc) is 3.16. The Morgan fingerprint density at radius 2 is 1.54 bits per heavy atom. The lowest BCUT2D eigenvalue weighted by atomic mass is 10.0. The third kappa shape index (κ3) is 4.54. The fourth-order valence-corrected chi connectivity index (χ4v) is 3.09. The van der Waals surface area contributed by atoms with Crippen LogP contribution in [-0.2, 0) is 16.1 Å². The average molecular weight is 337 g/mol. The predicted octanol–water partition coefficient (Wildman–Crippen LogP) is 4.17. The maximum Gasteiger partial charge on any atom is 0.246 e. The van der Waals surface area contributed by atoms with Crippen LogP contribution >= 0.6 is 11.3 Å². The molecule has 0 fully saturated rings. The van der Waals surface area contributed by atoms with E-state index in [-0.39, 0.29) is 18.6 Å². The summed E-state index contributed by atoms with van der Waals surface area (Å²) in [4.78, 5) is 13.2. The number of carbonyl (C=O) groups is 1. The number of hydrogen-bond acceptors (Lipinski definition) is 3. The molecule has 3 aromatic rings. The van der Waals surface area contributed by atoms with Crippen molar-refractivity contribution in [3.8, 4) is 0 Å². The van der Waals surface area contributed by atoms with Crippen LogP contribution in [0, 0.1) is 0 Å². The molecule has 122 valence electrons. The molecular formula is C20H19NO2S. The summed E-state index contributed by atoms with van der Waals surface area (Å²) in [5.41, 5.74) is 2.07. The largest absolute Gasteiger partial charge is 0.359 e. The van der Waals surface area contributed by atoms with Gasteiger partial charge >= 0.3 is 0 Å². The Morgan fingerprint density at radius 3 is 2.08 bits per heavy atom. The van der Waals surface area contributed by atoms with Crippen molar-refractivity contribution in [3.63, 3.8) is 0 Å². The molecule has 0 saturated carbocycles. The molecule has 2 aromatic carbocycles. The van der Waals surface area contributed by atoms with Crippen molar-refractivity contribution in [2.75, 3.05) is 6.61 Å². The Kier molecular flexibility index (Phi) is 5.77. The van der Waals surface area contributed by atoms with Crippen molar-refractivity contribution >= 4 is 17.2 Å². The van der Waals surface area contributed by atoms with Crippen LogP contribution in [0.1, 0.15) is 22.1 Å². The van der Waals surface area contributed by atoms with E-state index >= 15 is 0 Å². The van der Waals surface area contributed by atoms with Gasteiger partial charge in [0.2, 0.25) is 5.91 Å². The summed E-state index contributed by atoms with van der Waals surface area (Å²) in [5, 5.41) is 4.89. The molecule has 1 heterocycles. The zero-order valence-corrected chi connectivity index (χ0v) is 14.0. The third-order valence-electron chi connectivity index (χ3n) is 3.63. The highest BCUT2D eigenvalue weighted by Gasteiger charge is 2.16. The van der Waals surface area contributed by atoms with Gasteiger partial charge in [-0.25, -0.2) is 0 Å². The van der Waals surface area contributed by atoms with E-state index in [0.29, 0.717) is 6.54 Å². The van der Waals surface area contributed by atoms with Gasteiger partial charge in [0.1, 0.15) is 12.7 Å². The molecule has 0 aliphatic heterocycles. The molecule has 0 unspecified atom stereocenters. The second kappa shape index (κ2) is 8.43. The normalized spacial score (nSPS) is 10.7. The van der Waals surface area contributed by atoms with E-state index in [1.54, 1.807) is 11.3 Å². The summed E-state index contributed by atoms with van der Waals surface area (Å²) in [6, 6.07) is 23.9. The summed E-state index contributed by atoms with van der Waals surface area (Å²) >= 11 is 1.63. The van der Waals surface area contributed by atoms with E-state index in [2.05, 4.69) is 5.32 Å². The maximum absolute atomic E-state index is 12.1. The lowest BCUT2D eigenvalue weighted by Crippen LogP contribution is -2.27. The molecule has 0 aliphatic rings. The molecule has 0 spiro atoms. The first-order chi connectivity index (χ1) is 11.8. The fraction of sp³-hybridized carbons (Fsp3) is 0.150. The van der Waals surface area contributed by atoms with E-state index < -0.39 is 0 Å². The van der Waals surface area contributed by atoms with Gasteiger partial charge in [0.15, 0.2) is 0 Å². The van der Waals surface area contributed by atoms with Crippen molar-refractivity contribution in [1.29, 1.82) is 0 Å². The molecule has 1 N–H and O–H groups in total. The van der Waals surface area contributed by atoms with E-state index in [9.17, 15) is 4.79 Å². The SMILES string of the molecule is O=C(COC(c1ccccc1)c1ccccc1)NCc1cccs1. The molecule has 0 radical (unpaired) electrons. The summed E-state index contributed by atoms with van der Waals surface area (Å²) in [7, 11) is 0. The highest BCUT2D eigenvalue weighted by Crippen LogP contribution is 2.25. The molecule has 0 aliphatic carbocycles. The number of benzene rings is 2. The van der Waals surface area contributed by atoms with Gasteiger partial charge in [0.05, 0.1) is 6.54 Å². The van der Waals surface area contributed by atoms with E-state index in [0.717, 1.165) is 16.0 Å². The molecule has 24 heavy (non-hydrogen) atoms. The summed E-state index contributed by atoms with van der Waals surface area (Å²) in [5.74, 6) is -0.111. The van der Waals surface area contributed by atoms with Crippen molar-refractivity contribution < 1.29 is 9.53 Å². The van der Waals surface area contributed by atoms with Crippen LogP contribution in [0.4, 0.5) is 0 Å². The topological polar surface area (TPSA) is 38.3 Å². The van der Waals surface area contributed by atoms with Gasteiger partial charge < -0.3 is 10.1 Å². The second-order valence-corrected chi connectivity index (χ2v) is 6.40. The van der Waals surface area contributed by atoms with E-state index in [4.69, 9.17) is 4.74 Å². The van der Waals surface area contributed by atoms with Crippen molar-refractivity contribution in [2.24, 2.45) is 0 Å². The zero-order chi connectivity index (χ0) is 16.6. The number of thiophene rings is 1. The lowest BCUT2D eigenvalue weighted by molar-refractivity contribution is -0.127. The molecule has 0 atom stereocenters. The Balaban J connectivity index is 1.63. The minimum Gasteiger partial charge on any atom is -0.359 e. The number of hydrogen-bond donors (Lipinski definition) is 1. The van der Waals surface area contributed by atoms with Crippen LogP contribution in [0.25, 0.3) is 0 Å². The quantitative estimate of drug-likeness (QED) is 0.703. The molecule has 4 heteroatoms. The first kappa shape index (κ1) is 16.4. The Hall–Kier alpha value is -2.43. The molecule has 1 aromatic heterocycles. The molecule has 3 nitrogen and oxygen atoms in total. The highest BCUT2D eigenvalue weighted by atomic mass is 32.1. The van der Waals surface area contributed by atoms with Gasteiger partial charge in [0.25, 0.3) is 0 Å². The maximum atomic E-state index is 12.1. The van der Waals surface area contributed by atoms with E-state index in [1.165, 1.54) is 0 Å².